The number of unbranched alkanes of at least 4 members (excludes halogenated alkanes) is 1. The normalized spacial score (nSPS) is 32.6. The Labute approximate surface area is 144 Å². The predicted octanol–water partition coefficient (Wildman–Crippen LogP) is 6.90. The van der Waals surface area contributed by atoms with E-state index in [-0.39, 0.29) is 0 Å². The molecule has 0 unspecified atom stereocenters. The van der Waals surface area contributed by atoms with Gasteiger partial charge in [0.05, 0.1) is 12.9 Å². The predicted molar refractivity (Wildman–Crippen MR) is 100 cm³/mol. The van der Waals surface area contributed by atoms with Crippen molar-refractivity contribution in [2.45, 2.75) is 84.5 Å². The molecule has 0 amide bonds. The lowest BCUT2D eigenvalue weighted by atomic mass is 9.69. The highest BCUT2D eigenvalue weighted by molar-refractivity contribution is 4.92. The zero-order valence-electron chi connectivity index (χ0n) is 15.5. The van der Waals surface area contributed by atoms with Gasteiger partial charge in [0.2, 0.25) is 0 Å². The summed E-state index contributed by atoms with van der Waals surface area (Å²) in [6.07, 6.45) is 24.1. The van der Waals surface area contributed by atoms with Crippen LogP contribution in [0.15, 0.2) is 24.5 Å². The van der Waals surface area contributed by atoms with Crippen molar-refractivity contribution in [3.63, 3.8) is 0 Å². The molecule has 0 saturated heterocycles. The fourth-order valence-electron chi connectivity index (χ4n) is 4.45. The van der Waals surface area contributed by atoms with Crippen molar-refractivity contribution >= 4 is 0 Å². The molecule has 0 aliphatic heterocycles. The smallest absolute Gasteiger partial charge is 0.0901 e. The Bertz CT molecular complexity index is 341. The van der Waals surface area contributed by atoms with E-state index in [1.807, 2.05) is 6.26 Å². The maximum atomic E-state index is 5.67. The number of hydrogen-bond acceptors (Lipinski definition) is 1. The van der Waals surface area contributed by atoms with Gasteiger partial charge in [0.15, 0.2) is 0 Å². The monoisotopic (exact) mass is 318 g/mol. The van der Waals surface area contributed by atoms with E-state index in [1.165, 1.54) is 64.2 Å². The average molecular weight is 319 g/mol. The summed E-state index contributed by atoms with van der Waals surface area (Å²) >= 11 is 0. The van der Waals surface area contributed by atoms with Crippen molar-refractivity contribution in [2.24, 2.45) is 23.7 Å². The lowest BCUT2D eigenvalue weighted by Crippen LogP contribution is -2.26. The van der Waals surface area contributed by atoms with Crippen molar-refractivity contribution in [3.05, 3.63) is 24.5 Å². The van der Waals surface area contributed by atoms with Gasteiger partial charge in [-0.25, -0.2) is 0 Å². The third-order valence-corrected chi connectivity index (χ3v) is 6.00. The van der Waals surface area contributed by atoms with E-state index in [1.54, 1.807) is 0 Å². The number of hydrogen-bond donors (Lipinski definition) is 0. The van der Waals surface area contributed by atoms with Gasteiger partial charge in [0, 0.05) is 0 Å². The lowest BCUT2D eigenvalue weighted by molar-refractivity contribution is 0.113. The van der Waals surface area contributed by atoms with E-state index < -0.39 is 0 Å². The molecule has 2 rings (SSSR count). The summed E-state index contributed by atoms with van der Waals surface area (Å²) in [5.41, 5.74) is 0. The van der Waals surface area contributed by atoms with E-state index in [2.05, 4.69) is 32.1 Å². The van der Waals surface area contributed by atoms with Crippen molar-refractivity contribution in [3.8, 4) is 0 Å². The van der Waals surface area contributed by atoms with Crippen LogP contribution >= 0.6 is 0 Å². The second-order valence-electron chi connectivity index (χ2n) is 7.79. The first-order valence-corrected chi connectivity index (χ1v) is 10.3. The van der Waals surface area contributed by atoms with Crippen LogP contribution in [0.3, 0.4) is 0 Å². The van der Waals surface area contributed by atoms with Crippen molar-refractivity contribution in [2.75, 3.05) is 6.61 Å². The molecular formula is C22H38O. The Kier molecular flexibility index (Phi) is 8.86. The third kappa shape index (κ3) is 6.73. The van der Waals surface area contributed by atoms with Gasteiger partial charge in [-0.15, -0.1) is 0 Å². The van der Waals surface area contributed by atoms with Crippen LogP contribution in [-0.2, 0) is 4.74 Å². The Morgan fingerprint density at radius 1 is 0.826 bits per heavy atom. The second kappa shape index (κ2) is 10.9. The minimum Gasteiger partial charge on any atom is -0.501 e. The van der Waals surface area contributed by atoms with Gasteiger partial charge < -0.3 is 4.74 Å². The number of allylic oxidation sites excluding steroid dienone is 3. The summed E-state index contributed by atoms with van der Waals surface area (Å²) in [5, 5.41) is 0. The second-order valence-corrected chi connectivity index (χ2v) is 7.79. The van der Waals surface area contributed by atoms with Crippen LogP contribution in [0.4, 0.5) is 0 Å². The Balaban J connectivity index is 1.62. The van der Waals surface area contributed by atoms with Crippen LogP contribution < -0.4 is 0 Å². The zero-order valence-corrected chi connectivity index (χ0v) is 15.5. The highest BCUT2D eigenvalue weighted by atomic mass is 16.5. The first-order valence-electron chi connectivity index (χ1n) is 10.3. The third-order valence-electron chi connectivity index (χ3n) is 6.00. The molecule has 1 heteroatoms. The van der Waals surface area contributed by atoms with Crippen molar-refractivity contribution in [1.82, 2.24) is 0 Å². The summed E-state index contributed by atoms with van der Waals surface area (Å²) in [4.78, 5) is 0. The van der Waals surface area contributed by atoms with Crippen LogP contribution in [0.25, 0.3) is 0 Å². The van der Waals surface area contributed by atoms with E-state index in [4.69, 9.17) is 4.74 Å². The summed E-state index contributed by atoms with van der Waals surface area (Å²) in [5.74, 6) is 3.72. The SMILES string of the molecule is CC/C=C\OCC1CCC([C@H]2CC[C@H](/C=C/CCC)CC2)CC1. The van der Waals surface area contributed by atoms with Crippen LogP contribution in [0.2, 0.25) is 0 Å². The molecule has 2 fully saturated rings. The molecule has 0 aromatic heterocycles. The topological polar surface area (TPSA) is 9.23 Å². The number of ether oxygens (including phenoxy) is 1. The summed E-state index contributed by atoms with van der Waals surface area (Å²) in [7, 11) is 0. The minimum absolute atomic E-state index is 0.807. The highest BCUT2D eigenvalue weighted by Gasteiger charge is 2.30. The molecule has 0 spiro atoms. The Morgan fingerprint density at radius 2 is 1.48 bits per heavy atom. The molecule has 0 atom stereocenters. The van der Waals surface area contributed by atoms with Crippen molar-refractivity contribution in [1.29, 1.82) is 0 Å². The lowest BCUT2D eigenvalue weighted by Gasteiger charge is -2.37. The Morgan fingerprint density at radius 3 is 2.09 bits per heavy atom. The summed E-state index contributed by atoms with van der Waals surface area (Å²) in [6, 6.07) is 0. The van der Waals surface area contributed by atoms with Gasteiger partial charge in [-0.1, -0.05) is 38.5 Å². The van der Waals surface area contributed by atoms with Gasteiger partial charge in [0.1, 0.15) is 0 Å². The fraction of sp³-hybridized carbons (Fsp3) is 0.818. The van der Waals surface area contributed by atoms with E-state index in [0.717, 1.165) is 36.7 Å². The molecule has 2 aliphatic rings. The van der Waals surface area contributed by atoms with E-state index >= 15 is 0 Å². The minimum atomic E-state index is 0.807. The average Bonchev–Trinajstić information content (AvgIpc) is 2.60. The molecule has 0 N–H and O–H groups in total. The number of rotatable bonds is 8. The quantitative estimate of drug-likeness (QED) is 0.349. The molecule has 132 valence electrons. The molecule has 2 aliphatic carbocycles. The zero-order chi connectivity index (χ0) is 16.3. The van der Waals surface area contributed by atoms with Gasteiger partial charge in [0.25, 0.3) is 0 Å². The van der Waals surface area contributed by atoms with Gasteiger partial charge in [-0.2, -0.15) is 0 Å². The van der Waals surface area contributed by atoms with Crippen LogP contribution in [0.1, 0.15) is 84.5 Å². The summed E-state index contributed by atoms with van der Waals surface area (Å²) < 4.78 is 5.67. The maximum absolute atomic E-state index is 5.67. The standard InChI is InChI=1S/C22H38O/c1-3-5-7-8-19-9-13-21(14-10-19)22-15-11-20(12-16-22)18-23-17-6-4-2/h6-8,17,19-22H,3-5,9-16,18H2,1-2H3/b8-7+,17-6-/t19-,20?,21-,22?. The molecule has 0 aromatic carbocycles. The van der Waals surface area contributed by atoms with E-state index in [0.29, 0.717) is 0 Å². The molecule has 0 heterocycles. The van der Waals surface area contributed by atoms with Gasteiger partial charge in [-0.3, -0.25) is 0 Å². The first kappa shape index (κ1) is 18.6. The van der Waals surface area contributed by atoms with Crippen LogP contribution in [0.5, 0.6) is 0 Å². The highest BCUT2D eigenvalue weighted by Crippen LogP contribution is 2.41. The van der Waals surface area contributed by atoms with Gasteiger partial charge in [-0.05, 0) is 87.9 Å². The molecular weight excluding hydrogens is 280 g/mol. The fourth-order valence-corrected chi connectivity index (χ4v) is 4.45. The molecule has 2 saturated carbocycles. The largest absolute Gasteiger partial charge is 0.501 e. The van der Waals surface area contributed by atoms with Gasteiger partial charge >= 0.3 is 0 Å². The molecule has 23 heavy (non-hydrogen) atoms. The molecule has 0 aromatic rings. The molecule has 0 bridgehead atoms. The van der Waals surface area contributed by atoms with Crippen LogP contribution in [0, 0.1) is 23.7 Å². The molecule has 1 nitrogen and oxygen atoms in total. The Hall–Kier alpha value is -0.720. The van der Waals surface area contributed by atoms with Crippen molar-refractivity contribution < 1.29 is 4.74 Å². The van der Waals surface area contributed by atoms with E-state index in [9.17, 15) is 0 Å². The molecule has 0 radical (unpaired) electrons. The summed E-state index contributed by atoms with van der Waals surface area (Å²) in [6.45, 7) is 5.36. The maximum Gasteiger partial charge on any atom is 0.0901 e. The first-order chi connectivity index (χ1) is 11.3. The van der Waals surface area contributed by atoms with Crippen LogP contribution in [-0.4, -0.2) is 6.61 Å².